The molecule has 0 saturated carbocycles. The topological polar surface area (TPSA) is 79.3 Å². The van der Waals surface area contributed by atoms with Crippen molar-refractivity contribution in [2.24, 2.45) is 0 Å². The Morgan fingerprint density at radius 1 is 0.943 bits per heavy atom. The Hall–Kier alpha value is -4.26. The third kappa shape index (κ3) is 4.21. The van der Waals surface area contributed by atoms with Gasteiger partial charge in [-0.2, -0.15) is 0 Å². The molecule has 7 heteroatoms. The molecule has 3 aromatic rings. The number of ketones is 1. The van der Waals surface area contributed by atoms with Crippen molar-refractivity contribution < 1.29 is 24.2 Å². The first-order valence-corrected chi connectivity index (χ1v) is 11.4. The molecule has 0 unspecified atom stereocenters. The van der Waals surface area contributed by atoms with E-state index in [1.165, 1.54) is 4.90 Å². The van der Waals surface area contributed by atoms with Gasteiger partial charge in [0, 0.05) is 31.9 Å². The highest BCUT2D eigenvalue weighted by Gasteiger charge is 2.46. The van der Waals surface area contributed by atoms with Gasteiger partial charge in [0.05, 0.1) is 11.6 Å². The Balaban J connectivity index is 1.62. The number of hydrogen-bond donors (Lipinski definition) is 1. The number of nitrogens with zero attached hydrogens (tertiary/aromatic N) is 2. The number of amides is 1. The molecule has 178 valence electrons. The zero-order valence-electron chi connectivity index (χ0n) is 19.6. The van der Waals surface area contributed by atoms with E-state index in [1.54, 1.807) is 18.2 Å². The second kappa shape index (κ2) is 9.18. The van der Waals surface area contributed by atoms with E-state index in [4.69, 9.17) is 9.47 Å². The molecule has 1 amide bonds. The first kappa shape index (κ1) is 22.5. The van der Waals surface area contributed by atoms with Gasteiger partial charge in [-0.25, -0.2) is 0 Å². The summed E-state index contributed by atoms with van der Waals surface area (Å²) in [5, 5.41) is 11.3. The number of anilines is 1. The number of ether oxygens (including phenoxy) is 2. The average Bonchev–Trinajstić information content (AvgIpc) is 3.13. The van der Waals surface area contributed by atoms with Crippen molar-refractivity contribution in [3.05, 3.63) is 95.1 Å². The molecule has 1 saturated heterocycles. The maximum absolute atomic E-state index is 13.3. The van der Waals surface area contributed by atoms with Crippen LogP contribution in [0.25, 0.3) is 5.76 Å². The number of Topliss-reactive ketones (excluding diaryl/α,β-unsaturated/α-hetero) is 1. The van der Waals surface area contributed by atoms with Crippen LogP contribution in [0.2, 0.25) is 0 Å². The van der Waals surface area contributed by atoms with Crippen LogP contribution in [0.15, 0.2) is 78.4 Å². The second-order valence-electron chi connectivity index (χ2n) is 8.76. The largest absolute Gasteiger partial charge is 0.507 e. The molecule has 5 rings (SSSR count). The molecule has 1 N–H and O–H groups in total. The highest BCUT2D eigenvalue weighted by Crippen LogP contribution is 2.42. The maximum Gasteiger partial charge on any atom is 0.295 e. The van der Waals surface area contributed by atoms with Crippen LogP contribution in [0.4, 0.5) is 5.69 Å². The van der Waals surface area contributed by atoms with Gasteiger partial charge >= 0.3 is 0 Å². The van der Waals surface area contributed by atoms with Crippen LogP contribution in [0.1, 0.15) is 22.7 Å². The van der Waals surface area contributed by atoms with E-state index in [9.17, 15) is 14.7 Å². The summed E-state index contributed by atoms with van der Waals surface area (Å²) in [7, 11) is 3.89. The van der Waals surface area contributed by atoms with Gasteiger partial charge in [0.2, 0.25) is 0 Å². The summed E-state index contributed by atoms with van der Waals surface area (Å²) in [5.41, 5.74) is 3.07. The van der Waals surface area contributed by atoms with Crippen LogP contribution in [0.5, 0.6) is 11.5 Å². The van der Waals surface area contributed by atoms with Gasteiger partial charge in [-0.3, -0.25) is 9.59 Å². The molecule has 0 radical (unpaired) electrons. The first-order chi connectivity index (χ1) is 16.9. The van der Waals surface area contributed by atoms with Gasteiger partial charge in [0.1, 0.15) is 19.0 Å². The van der Waals surface area contributed by atoms with Crippen molar-refractivity contribution in [3.63, 3.8) is 0 Å². The van der Waals surface area contributed by atoms with Crippen LogP contribution in [-0.2, 0) is 16.1 Å². The summed E-state index contributed by atoms with van der Waals surface area (Å²) >= 11 is 0. The minimum absolute atomic E-state index is 0.0558. The minimum Gasteiger partial charge on any atom is -0.507 e. The fourth-order valence-corrected chi connectivity index (χ4v) is 4.47. The molecule has 3 aromatic carbocycles. The summed E-state index contributed by atoms with van der Waals surface area (Å²) < 4.78 is 11.2. The molecule has 2 heterocycles. The number of carbonyl (C=O) groups is 2. The standard InChI is InChI=1S/C28H26N2O5/c1-29(2)21-11-8-19(9-12-21)25-24(26(31)20-10-13-22-23(16-20)35-15-14-34-22)27(32)28(33)30(25)17-18-6-4-3-5-7-18/h3-13,16,25,31H,14-15,17H2,1-2H3/t25-/m1/s1. The number of likely N-dealkylation sites (tertiary alicyclic amines) is 1. The molecule has 0 aliphatic carbocycles. The van der Waals surface area contributed by atoms with Crippen LogP contribution in [0.3, 0.4) is 0 Å². The number of carbonyl (C=O) groups excluding carboxylic acids is 2. The lowest BCUT2D eigenvalue weighted by molar-refractivity contribution is -0.140. The van der Waals surface area contributed by atoms with Crippen molar-refractivity contribution >= 4 is 23.1 Å². The molecular formula is C28H26N2O5. The fraction of sp³-hybridized carbons (Fsp3) is 0.214. The van der Waals surface area contributed by atoms with Crippen LogP contribution >= 0.6 is 0 Å². The SMILES string of the molecule is CN(C)c1ccc([C@@H]2C(=C(O)c3ccc4c(c3)OCCO4)C(=O)C(=O)N2Cc2ccccc2)cc1. The number of rotatable bonds is 5. The first-order valence-electron chi connectivity index (χ1n) is 11.4. The van der Waals surface area contributed by atoms with Crippen molar-refractivity contribution in [2.75, 3.05) is 32.2 Å². The van der Waals surface area contributed by atoms with Gasteiger partial charge in [0.25, 0.3) is 11.7 Å². The van der Waals surface area contributed by atoms with Crippen molar-refractivity contribution in [1.29, 1.82) is 0 Å². The van der Waals surface area contributed by atoms with Crippen LogP contribution < -0.4 is 14.4 Å². The normalized spacial score (nSPS) is 18.6. The third-order valence-electron chi connectivity index (χ3n) is 6.28. The molecule has 0 bridgehead atoms. The zero-order valence-corrected chi connectivity index (χ0v) is 19.6. The quantitative estimate of drug-likeness (QED) is 0.343. The lowest BCUT2D eigenvalue weighted by Gasteiger charge is -2.26. The van der Waals surface area contributed by atoms with Gasteiger partial charge in [-0.05, 0) is 41.5 Å². The van der Waals surface area contributed by atoms with Crippen LogP contribution in [0, 0.1) is 0 Å². The highest BCUT2D eigenvalue weighted by atomic mass is 16.6. The number of hydrogen-bond acceptors (Lipinski definition) is 6. The summed E-state index contributed by atoms with van der Waals surface area (Å²) in [6.07, 6.45) is 0. The lowest BCUT2D eigenvalue weighted by atomic mass is 9.94. The molecule has 7 nitrogen and oxygen atoms in total. The molecule has 2 aliphatic rings. The van der Waals surface area contributed by atoms with E-state index >= 15 is 0 Å². The Labute approximate surface area is 203 Å². The fourth-order valence-electron chi connectivity index (χ4n) is 4.47. The number of benzene rings is 3. The van der Waals surface area contributed by atoms with Gasteiger partial charge in [0.15, 0.2) is 11.5 Å². The van der Waals surface area contributed by atoms with E-state index in [0.29, 0.717) is 30.3 Å². The van der Waals surface area contributed by atoms with Gasteiger partial charge in [-0.1, -0.05) is 42.5 Å². The van der Waals surface area contributed by atoms with E-state index in [2.05, 4.69) is 0 Å². The molecule has 0 spiro atoms. The van der Waals surface area contributed by atoms with E-state index in [-0.39, 0.29) is 17.9 Å². The van der Waals surface area contributed by atoms with Crippen molar-refractivity contribution in [3.8, 4) is 11.5 Å². The summed E-state index contributed by atoms with van der Waals surface area (Å²) in [5.74, 6) is -0.527. The van der Waals surface area contributed by atoms with Crippen molar-refractivity contribution in [1.82, 2.24) is 4.90 Å². The second-order valence-corrected chi connectivity index (χ2v) is 8.76. The van der Waals surface area contributed by atoms with Gasteiger partial charge in [-0.15, -0.1) is 0 Å². The smallest absolute Gasteiger partial charge is 0.295 e. The molecule has 0 aromatic heterocycles. The molecular weight excluding hydrogens is 444 g/mol. The zero-order chi connectivity index (χ0) is 24.5. The average molecular weight is 471 g/mol. The van der Waals surface area contributed by atoms with E-state index < -0.39 is 17.7 Å². The van der Waals surface area contributed by atoms with E-state index in [1.807, 2.05) is 73.6 Å². The lowest BCUT2D eigenvalue weighted by Crippen LogP contribution is -2.29. The summed E-state index contributed by atoms with van der Waals surface area (Å²) in [6.45, 7) is 1.09. The summed E-state index contributed by atoms with van der Waals surface area (Å²) in [6, 6.07) is 21.4. The maximum atomic E-state index is 13.3. The predicted molar refractivity (Wildman–Crippen MR) is 132 cm³/mol. The third-order valence-corrected chi connectivity index (χ3v) is 6.28. The molecule has 1 fully saturated rings. The Kier molecular flexibility index (Phi) is 5.91. The number of aliphatic hydroxyl groups is 1. The van der Waals surface area contributed by atoms with Gasteiger partial charge < -0.3 is 24.4 Å². The van der Waals surface area contributed by atoms with Crippen molar-refractivity contribution in [2.45, 2.75) is 12.6 Å². The molecule has 2 aliphatic heterocycles. The monoisotopic (exact) mass is 470 g/mol. The van der Waals surface area contributed by atoms with Crippen LogP contribution in [-0.4, -0.2) is 49.0 Å². The minimum atomic E-state index is -0.736. The summed E-state index contributed by atoms with van der Waals surface area (Å²) in [4.78, 5) is 30.0. The van der Waals surface area contributed by atoms with E-state index in [0.717, 1.165) is 16.8 Å². The Morgan fingerprint density at radius 2 is 1.63 bits per heavy atom. The molecule has 35 heavy (non-hydrogen) atoms. The number of aliphatic hydroxyl groups excluding tert-OH is 1. The Morgan fingerprint density at radius 3 is 2.31 bits per heavy atom. The highest BCUT2D eigenvalue weighted by molar-refractivity contribution is 6.46. The Bertz CT molecular complexity index is 1300. The predicted octanol–water partition coefficient (Wildman–Crippen LogP) is 4.15. The number of fused-ring (bicyclic) bond motifs is 1. The molecule has 1 atom stereocenters.